The van der Waals surface area contributed by atoms with Gasteiger partial charge >= 0.3 is 0 Å². The van der Waals surface area contributed by atoms with Crippen molar-refractivity contribution in [1.82, 2.24) is 0 Å². The van der Waals surface area contributed by atoms with E-state index in [9.17, 15) is 8.42 Å². The summed E-state index contributed by atoms with van der Waals surface area (Å²) in [6, 6.07) is 6.94. The van der Waals surface area contributed by atoms with Gasteiger partial charge in [0.25, 0.3) is 10.1 Å². The lowest BCUT2D eigenvalue weighted by atomic mass is 9.53. The van der Waals surface area contributed by atoms with Gasteiger partial charge in [0.1, 0.15) is 0 Å². The molecule has 0 amide bonds. The van der Waals surface area contributed by atoms with Crippen molar-refractivity contribution in [3.05, 3.63) is 42.0 Å². The third kappa shape index (κ3) is 3.63. The van der Waals surface area contributed by atoms with Crippen molar-refractivity contribution in [1.29, 1.82) is 0 Å². The average molecular weight is 377 g/mol. The van der Waals surface area contributed by atoms with Gasteiger partial charge in [-0.15, -0.1) is 0 Å². The summed E-state index contributed by atoms with van der Waals surface area (Å²) in [6.45, 7) is 12.8. The molecule has 26 heavy (non-hydrogen) atoms. The number of allylic oxidation sites excluding steroid dienone is 1. The highest BCUT2D eigenvalue weighted by Crippen LogP contribution is 2.56. The first-order chi connectivity index (χ1) is 12.1. The average Bonchev–Trinajstić information content (AvgIpc) is 2.57. The van der Waals surface area contributed by atoms with Crippen molar-refractivity contribution >= 4 is 10.1 Å². The first kappa shape index (κ1) is 19.6. The summed E-state index contributed by atoms with van der Waals surface area (Å²) in [5.41, 5.74) is 2.22. The van der Waals surface area contributed by atoms with Gasteiger partial charge in [0.2, 0.25) is 0 Å². The van der Waals surface area contributed by atoms with Crippen molar-refractivity contribution in [2.24, 2.45) is 23.2 Å². The molecule has 2 saturated carbocycles. The number of rotatable bonds is 4. The zero-order chi connectivity index (χ0) is 19.1. The maximum Gasteiger partial charge on any atom is 0.297 e. The highest BCUT2D eigenvalue weighted by molar-refractivity contribution is 7.86. The van der Waals surface area contributed by atoms with Gasteiger partial charge in [-0.1, -0.05) is 43.7 Å². The summed E-state index contributed by atoms with van der Waals surface area (Å²) in [4.78, 5) is 0.262. The van der Waals surface area contributed by atoms with Gasteiger partial charge in [-0.3, -0.25) is 4.18 Å². The van der Waals surface area contributed by atoms with E-state index in [0.29, 0.717) is 17.8 Å². The predicted molar refractivity (Wildman–Crippen MR) is 105 cm³/mol. The lowest BCUT2D eigenvalue weighted by molar-refractivity contribution is -0.0810. The fourth-order valence-electron chi connectivity index (χ4n) is 5.11. The second-order valence-corrected chi connectivity index (χ2v) is 10.4. The van der Waals surface area contributed by atoms with Gasteiger partial charge in [0, 0.05) is 0 Å². The standard InChI is InChI=1S/C22H32O3S/c1-15(2)18-12-13-22(5)20(14-18)17(4)8-11-21(22)25-26(23,24)19-9-6-16(3)7-10-19/h6-7,9-10,17-18,20-21H,1,8,11-14H2,2-5H3/t17-,18+,20-,21+,22+/m0/s1. The number of hydrogen-bond acceptors (Lipinski definition) is 3. The molecule has 0 bridgehead atoms. The molecule has 1 aromatic rings. The first-order valence-electron chi connectivity index (χ1n) is 9.79. The summed E-state index contributed by atoms with van der Waals surface area (Å²) in [5, 5.41) is 0. The lowest BCUT2D eigenvalue weighted by Gasteiger charge is -2.54. The van der Waals surface area contributed by atoms with E-state index in [4.69, 9.17) is 4.18 Å². The van der Waals surface area contributed by atoms with E-state index in [1.807, 2.05) is 19.1 Å². The van der Waals surface area contributed by atoms with Crippen molar-refractivity contribution in [2.45, 2.75) is 70.8 Å². The van der Waals surface area contributed by atoms with Gasteiger partial charge < -0.3 is 0 Å². The molecule has 0 N–H and O–H groups in total. The minimum absolute atomic E-state index is 0.0820. The smallest absolute Gasteiger partial charge is 0.262 e. The van der Waals surface area contributed by atoms with Crippen molar-refractivity contribution in [2.75, 3.05) is 0 Å². The van der Waals surface area contributed by atoms with Crippen LogP contribution in [0.3, 0.4) is 0 Å². The third-order valence-corrected chi connectivity index (χ3v) is 8.31. The van der Waals surface area contributed by atoms with Crippen LogP contribution in [-0.4, -0.2) is 14.5 Å². The zero-order valence-electron chi connectivity index (χ0n) is 16.5. The molecule has 4 heteroatoms. The Balaban J connectivity index is 1.84. The monoisotopic (exact) mass is 376 g/mol. The molecule has 0 aliphatic heterocycles. The maximum atomic E-state index is 12.8. The van der Waals surface area contributed by atoms with Crippen LogP contribution in [0.2, 0.25) is 0 Å². The molecule has 0 radical (unpaired) electrons. The van der Waals surface area contributed by atoms with Gasteiger partial charge in [-0.25, -0.2) is 0 Å². The lowest BCUT2D eigenvalue weighted by Crippen LogP contribution is -2.51. The molecule has 3 nitrogen and oxygen atoms in total. The minimum Gasteiger partial charge on any atom is -0.262 e. The largest absolute Gasteiger partial charge is 0.297 e. The second-order valence-electron chi connectivity index (χ2n) is 8.84. The SMILES string of the molecule is C=C(C)[C@@H]1CC[C@@]2(C)[C@H](OS(=O)(=O)c3ccc(C)cc3)CC[C@H](C)[C@@H]2C1. The Hall–Kier alpha value is -1.13. The van der Waals surface area contributed by atoms with E-state index >= 15 is 0 Å². The molecule has 2 fully saturated rings. The van der Waals surface area contributed by atoms with Gasteiger partial charge in [0.05, 0.1) is 11.0 Å². The predicted octanol–water partition coefficient (Wildman–Crippen LogP) is 5.50. The Kier molecular flexibility index (Phi) is 5.38. The van der Waals surface area contributed by atoms with Crippen LogP contribution in [0.25, 0.3) is 0 Å². The molecule has 144 valence electrons. The Labute approximate surface area is 159 Å². The van der Waals surface area contributed by atoms with E-state index in [2.05, 4.69) is 27.4 Å². The van der Waals surface area contributed by atoms with Crippen molar-refractivity contribution in [3.8, 4) is 0 Å². The van der Waals surface area contributed by atoms with Gasteiger partial charge in [0.15, 0.2) is 0 Å². The minimum atomic E-state index is -3.73. The zero-order valence-corrected chi connectivity index (χ0v) is 17.3. The Morgan fingerprint density at radius 3 is 2.46 bits per heavy atom. The molecule has 1 aromatic carbocycles. The summed E-state index contributed by atoms with van der Waals surface area (Å²) < 4.78 is 31.6. The van der Waals surface area contributed by atoms with E-state index in [1.54, 1.807) is 12.1 Å². The van der Waals surface area contributed by atoms with Gasteiger partial charge in [-0.2, -0.15) is 8.42 Å². The van der Waals surface area contributed by atoms with Crippen LogP contribution >= 0.6 is 0 Å². The van der Waals surface area contributed by atoms with E-state index in [-0.39, 0.29) is 16.4 Å². The van der Waals surface area contributed by atoms with Crippen LogP contribution in [0.15, 0.2) is 41.3 Å². The number of aryl methyl sites for hydroxylation is 1. The Morgan fingerprint density at radius 1 is 1.19 bits per heavy atom. The molecule has 5 atom stereocenters. The fourth-order valence-corrected chi connectivity index (χ4v) is 6.31. The second kappa shape index (κ2) is 7.12. The van der Waals surface area contributed by atoms with E-state index < -0.39 is 10.1 Å². The van der Waals surface area contributed by atoms with Crippen molar-refractivity contribution < 1.29 is 12.6 Å². The van der Waals surface area contributed by atoms with Gasteiger partial charge in [-0.05, 0) is 81.3 Å². The van der Waals surface area contributed by atoms with Crippen LogP contribution in [0, 0.1) is 30.1 Å². The molecule has 2 aliphatic carbocycles. The molecular formula is C22H32O3S. The topological polar surface area (TPSA) is 43.4 Å². The summed E-state index contributed by atoms with van der Waals surface area (Å²) >= 11 is 0. The summed E-state index contributed by atoms with van der Waals surface area (Å²) in [6.07, 6.45) is 4.81. The number of fused-ring (bicyclic) bond motifs is 1. The quantitative estimate of drug-likeness (QED) is 0.515. The normalized spacial score (nSPS) is 34.9. The molecule has 0 unspecified atom stereocenters. The molecule has 0 aromatic heterocycles. The Bertz CT molecular complexity index is 765. The van der Waals surface area contributed by atoms with E-state index in [1.165, 1.54) is 5.57 Å². The van der Waals surface area contributed by atoms with Crippen LogP contribution in [-0.2, 0) is 14.3 Å². The van der Waals surface area contributed by atoms with Crippen LogP contribution < -0.4 is 0 Å². The number of benzene rings is 1. The molecule has 0 saturated heterocycles. The van der Waals surface area contributed by atoms with Crippen LogP contribution in [0.4, 0.5) is 0 Å². The summed E-state index contributed by atoms with van der Waals surface area (Å²) in [7, 11) is -3.73. The fraction of sp³-hybridized carbons (Fsp3) is 0.636. The highest BCUT2D eigenvalue weighted by atomic mass is 32.2. The number of hydrogen-bond donors (Lipinski definition) is 0. The molecule has 2 aliphatic rings. The molecular weight excluding hydrogens is 344 g/mol. The highest BCUT2D eigenvalue weighted by Gasteiger charge is 2.51. The third-order valence-electron chi connectivity index (χ3n) is 6.97. The summed E-state index contributed by atoms with van der Waals surface area (Å²) in [5.74, 6) is 1.65. The first-order valence-corrected chi connectivity index (χ1v) is 11.2. The van der Waals surface area contributed by atoms with Crippen LogP contribution in [0.1, 0.15) is 58.4 Å². The van der Waals surface area contributed by atoms with Crippen molar-refractivity contribution in [3.63, 3.8) is 0 Å². The van der Waals surface area contributed by atoms with E-state index in [0.717, 1.165) is 37.7 Å². The maximum absolute atomic E-state index is 12.8. The Morgan fingerprint density at radius 2 is 1.85 bits per heavy atom. The molecule has 0 heterocycles. The van der Waals surface area contributed by atoms with Crippen LogP contribution in [0.5, 0.6) is 0 Å². The molecule has 3 rings (SSSR count). The molecule has 0 spiro atoms.